The van der Waals surface area contributed by atoms with Gasteiger partial charge in [-0.1, -0.05) is 0 Å². The van der Waals surface area contributed by atoms with Crippen LogP contribution in [-0.4, -0.2) is 10.5 Å². The van der Waals surface area contributed by atoms with Gasteiger partial charge in [0.1, 0.15) is 0 Å². The molecule has 0 atom stereocenters. The predicted molar refractivity (Wildman–Crippen MR) is 62.5 cm³/mol. The fourth-order valence-electron chi connectivity index (χ4n) is 1.76. The molecular weight excluding hydrogens is 206 g/mol. The first kappa shape index (κ1) is 9.33. The van der Waals surface area contributed by atoms with Gasteiger partial charge in [-0.2, -0.15) is 0 Å². The summed E-state index contributed by atoms with van der Waals surface area (Å²) in [5.74, 6) is -0.454. The van der Waals surface area contributed by atoms with Gasteiger partial charge in [0.2, 0.25) is 0 Å². The quantitative estimate of drug-likeness (QED) is 0.671. The first-order valence-electron chi connectivity index (χ1n) is 5.26. The van der Waals surface area contributed by atoms with E-state index in [1.807, 2.05) is 6.07 Å². The maximum absolute atomic E-state index is 11.0. The van der Waals surface area contributed by atoms with Gasteiger partial charge in [-0.05, 0) is 25.8 Å². The van der Waals surface area contributed by atoms with Crippen LogP contribution in [-0.2, 0) is 0 Å². The van der Waals surface area contributed by atoms with Crippen molar-refractivity contribution < 1.29 is 4.42 Å². The molecule has 1 saturated carbocycles. The second-order valence-corrected chi connectivity index (χ2v) is 4.64. The molecule has 1 heterocycles. The van der Waals surface area contributed by atoms with Crippen LogP contribution in [0.5, 0.6) is 0 Å². The summed E-state index contributed by atoms with van der Waals surface area (Å²) in [5, 5.41) is 3.37. The molecule has 84 valence electrons. The maximum atomic E-state index is 11.0. The number of nitrogens with one attached hydrogen (secondary N) is 2. The van der Waals surface area contributed by atoms with Gasteiger partial charge in [-0.25, -0.2) is 4.79 Å². The van der Waals surface area contributed by atoms with E-state index in [1.165, 1.54) is 0 Å². The lowest BCUT2D eigenvalue weighted by atomic mass is 10.2. The Hall–Kier alpha value is -1.91. The lowest BCUT2D eigenvalue weighted by molar-refractivity contribution is 0.555. The van der Waals surface area contributed by atoms with E-state index in [9.17, 15) is 4.79 Å². The van der Waals surface area contributed by atoms with E-state index in [-0.39, 0.29) is 5.54 Å². The molecule has 1 fully saturated rings. The van der Waals surface area contributed by atoms with Crippen molar-refractivity contribution in [3.8, 4) is 0 Å². The maximum Gasteiger partial charge on any atom is 0.417 e. The number of fused-ring (bicyclic) bond motifs is 1. The molecule has 1 aliphatic rings. The minimum absolute atomic E-state index is 0.159. The topological polar surface area (TPSA) is 84.0 Å². The molecule has 16 heavy (non-hydrogen) atoms. The highest BCUT2D eigenvalue weighted by molar-refractivity contribution is 5.85. The standard InChI is InChI=1S/C11H13N3O2/c1-11(2-3-11)14-7-5-8-9(4-6(7)12)16-10(15)13-8/h4-5,14H,2-3,12H2,1H3,(H,13,15). The molecule has 1 aliphatic carbocycles. The van der Waals surface area contributed by atoms with Crippen LogP contribution in [0.4, 0.5) is 11.4 Å². The van der Waals surface area contributed by atoms with Gasteiger partial charge in [-0.15, -0.1) is 0 Å². The molecule has 5 heteroatoms. The van der Waals surface area contributed by atoms with E-state index in [2.05, 4.69) is 17.2 Å². The summed E-state index contributed by atoms with van der Waals surface area (Å²) in [5.41, 5.74) is 8.67. The number of nitrogen functional groups attached to an aromatic ring is 1. The molecule has 0 spiro atoms. The average molecular weight is 219 g/mol. The summed E-state index contributed by atoms with van der Waals surface area (Å²) in [6.07, 6.45) is 2.29. The van der Waals surface area contributed by atoms with Crippen molar-refractivity contribution in [2.24, 2.45) is 0 Å². The lowest BCUT2D eigenvalue weighted by Gasteiger charge is -2.14. The van der Waals surface area contributed by atoms with Gasteiger partial charge in [0, 0.05) is 11.6 Å². The van der Waals surface area contributed by atoms with Crippen molar-refractivity contribution in [1.29, 1.82) is 0 Å². The molecule has 0 unspecified atom stereocenters. The van der Waals surface area contributed by atoms with Crippen LogP contribution in [0.2, 0.25) is 0 Å². The highest BCUT2D eigenvalue weighted by Gasteiger charge is 2.37. The third-order valence-electron chi connectivity index (χ3n) is 3.03. The molecule has 0 bridgehead atoms. The highest BCUT2D eigenvalue weighted by Crippen LogP contribution is 2.40. The van der Waals surface area contributed by atoms with E-state index in [0.29, 0.717) is 16.8 Å². The normalized spacial score (nSPS) is 17.6. The van der Waals surface area contributed by atoms with E-state index >= 15 is 0 Å². The Bertz CT molecular complexity index is 607. The molecular formula is C11H13N3O2. The SMILES string of the molecule is CC1(Nc2cc3[nH]c(=O)oc3cc2N)CC1. The zero-order chi connectivity index (χ0) is 11.3. The number of benzene rings is 1. The summed E-state index contributed by atoms with van der Waals surface area (Å²) in [4.78, 5) is 13.6. The van der Waals surface area contributed by atoms with Crippen LogP contribution < -0.4 is 16.8 Å². The summed E-state index contributed by atoms with van der Waals surface area (Å²) in [7, 11) is 0. The molecule has 2 aromatic rings. The summed E-state index contributed by atoms with van der Waals surface area (Å²) < 4.78 is 4.93. The second-order valence-electron chi connectivity index (χ2n) is 4.64. The van der Waals surface area contributed by atoms with Crippen molar-refractivity contribution in [3.05, 3.63) is 22.7 Å². The van der Waals surface area contributed by atoms with Gasteiger partial charge in [-0.3, -0.25) is 4.98 Å². The Morgan fingerprint density at radius 1 is 1.50 bits per heavy atom. The zero-order valence-corrected chi connectivity index (χ0v) is 8.96. The zero-order valence-electron chi connectivity index (χ0n) is 8.96. The minimum atomic E-state index is -0.454. The Labute approximate surface area is 91.6 Å². The number of hydrogen-bond donors (Lipinski definition) is 3. The van der Waals surface area contributed by atoms with Crippen LogP contribution >= 0.6 is 0 Å². The number of aromatic nitrogens is 1. The largest absolute Gasteiger partial charge is 0.417 e. The number of anilines is 2. The first-order valence-corrected chi connectivity index (χ1v) is 5.26. The Morgan fingerprint density at radius 3 is 2.94 bits per heavy atom. The van der Waals surface area contributed by atoms with Gasteiger partial charge in [0.05, 0.1) is 16.9 Å². The first-order chi connectivity index (χ1) is 7.56. The Morgan fingerprint density at radius 2 is 2.25 bits per heavy atom. The molecule has 1 aromatic heterocycles. The van der Waals surface area contributed by atoms with Crippen LogP contribution in [0.1, 0.15) is 19.8 Å². The average Bonchev–Trinajstić information content (AvgIpc) is 2.80. The number of H-pyrrole nitrogens is 1. The lowest BCUT2D eigenvalue weighted by Crippen LogP contribution is -2.16. The Balaban J connectivity index is 2.09. The van der Waals surface area contributed by atoms with Crippen LogP contribution in [0.25, 0.3) is 11.1 Å². The van der Waals surface area contributed by atoms with Gasteiger partial charge >= 0.3 is 5.76 Å². The van der Waals surface area contributed by atoms with Gasteiger partial charge < -0.3 is 15.5 Å². The molecule has 5 nitrogen and oxygen atoms in total. The number of hydrogen-bond acceptors (Lipinski definition) is 4. The van der Waals surface area contributed by atoms with E-state index in [4.69, 9.17) is 10.2 Å². The number of rotatable bonds is 2. The summed E-state index contributed by atoms with van der Waals surface area (Å²) in [6.45, 7) is 2.15. The minimum Gasteiger partial charge on any atom is -0.408 e. The molecule has 0 aliphatic heterocycles. The van der Waals surface area contributed by atoms with Crippen molar-refractivity contribution in [2.75, 3.05) is 11.1 Å². The fourth-order valence-corrected chi connectivity index (χ4v) is 1.76. The van der Waals surface area contributed by atoms with E-state index < -0.39 is 5.76 Å². The van der Waals surface area contributed by atoms with Gasteiger partial charge in [0.15, 0.2) is 5.58 Å². The van der Waals surface area contributed by atoms with Gasteiger partial charge in [0.25, 0.3) is 0 Å². The highest BCUT2D eigenvalue weighted by atomic mass is 16.4. The monoisotopic (exact) mass is 219 g/mol. The smallest absolute Gasteiger partial charge is 0.408 e. The van der Waals surface area contributed by atoms with Crippen molar-refractivity contribution in [1.82, 2.24) is 4.98 Å². The molecule has 0 amide bonds. The van der Waals surface area contributed by atoms with Crippen LogP contribution in [0.15, 0.2) is 21.3 Å². The number of oxazole rings is 1. The van der Waals surface area contributed by atoms with E-state index in [0.717, 1.165) is 18.5 Å². The number of aromatic amines is 1. The molecule has 3 rings (SSSR count). The van der Waals surface area contributed by atoms with Crippen molar-refractivity contribution in [2.45, 2.75) is 25.3 Å². The summed E-state index contributed by atoms with van der Waals surface area (Å²) >= 11 is 0. The fraction of sp³-hybridized carbons (Fsp3) is 0.364. The van der Waals surface area contributed by atoms with Crippen molar-refractivity contribution in [3.63, 3.8) is 0 Å². The third-order valence-corrected chi connectivity index (χ3v) is 3.03. The molecule has 0 saturated heterocycles. The van der Waals surface area contributed by atoms with E-state index in [1.54, 1.807) is 6.07 Å². The second kappa shape index (κ2) is 2.81. The van der Waals surface area contributed by atoms with Crippen LogP contribution in [0, 0.1) is 0 Å². The summed E-state index contributed by atoms with van der Waals surface area (Å²) in [6, 6.07) is 3.49. The van der Waals surface area contributed by atoms with Crippen molar-refractivity contribution >= 4 is 22.5 Å². The third kappa shape index (κ3) is 1.44. The van der Waals surface area contributed by atoms with Crippen LogP contribution in [0.3, 0.4) is 0 Å². The molecule has 1 aromatic carbocycles. The molecule has 0 radical (unpaired) electrons. The number of nitrogens with two attached hydrogens (primary N) is 1. The predicted octanol–water partition coefficient (Wildman–Crippen LogP) is 1.67. The Kier molecular flexibility index (Phi) is 1.64. The molecule has 4 N–H and O–H groups in total.